The van der Waals surface area contributed by atoms with Gasteiger partial charge in [-0.3, -0.25) is 0 Å². The molecule has 182 valence electrons. The summed E-state index contributed by atoms with van der Waals surface area (Å²) in [4.78, 5) is 26.2. The minimum absolute atomic E-state index is 0.0134. The van der Waals surface area contributed by atoms with Crippen LogP contribution >= 0.6 is 0 Å². The van der Waals surface area contributed by atoms with Crippen molar-refractivity contribution in [2.75, 3.05) is 26.2 Å². The smallest absolute Gasteiger partial charge is 0.410 e. The van der Waals surface area contributed by atoms with E-state index in [1.165, 1.54) is 22.3 Å². The van der Waals surface area contributed by atoms with Gasteiger partial charge >= 0.3 is 12.2 Å². The number of ether oxygens (including phenoxy) is 2. The first-order chi connectivity index (χ1) is 16.2. The minimum atomic E-state index is -0.922. The monoisotopic (exact) mass is 466 g/mol. The van der Waals surface area contributed by atoms with Crippen LogP contribution in [0.25, 0.3) is 11.1 Å². The van der Waals surface area contributed by atoms with Crippen molar-refractivity contribution in [2.45, 2.75) is 57.2 Å². The Bertz CT molecular complexity index is 992. The lowest BCUT2D eigenvalue weighted by molar-refractivity contribution is -0.0359. The number of likely N-dealkylation sites (tertiary alicyclic amines) is 1. The molecule has 0 unspecified atom stereocenters. The molecule has 2 N–H and O–H groups in total. The number of piperidine rings is 1. The average Bonchev–Trinajstić information content (AvgIpc) is 3.11. The molecule has 2 amide bonds. The van der Waals surface area contributed by atoms with Gasteiger partial charge in [0.1, 0.15) is 12.2 Å². The predicted molar refractivity (Wildman–Crippen MR) is 130 cm³/mol. The number of nitrogens with one attached hydrogen (secondary N) is 1. The molecule has 0 saturated carbocycles. The molecule has 1 aliphatic heterocycles. The third kappa shape index (κ3) is 5.53. The van der Waals surface area contributed by atoms with E-state index in [4.69, 9.17) is 9.47 Å². The second kappa shape index (κ2) is 9.66. The van der Waals surface area contributed by atoms with Crippen LogP contribution in [0.5, 0.6) is 0 Å². The third-order valence-corrected chi connectivity index (χ3v) is 6.55. The third-order valence-electron chi connectivity index (χ3n) is 6.55. The molecule has 0 atom stereocenters. The zero-order chi connectivity index (χ0) is 24.3. The van der Waals surface area contributed by atoms with Gasteiger partial charge < -0.3 is 24.8 Å². The second-order valence-electron chi connectivity index (χ2n) is 10.2. The molecule has 0 aromatic heterocycles. The van der Waals surface area contributed by atoms with Crippen LogP contribution in [0.3, 0.4) is 0 Å². The Hall–Kier alpha value is -3.06. The first-order valence-corrected chi connectivity index (χ1v) is 11.9. The maximum absolute atomic E-state index is 12.4. The van der Waals surface area contributed by atoms with Crippen molar-refractivity contribution in [3.63, 3.8) is 0 Å². The molecule has 0 bridgehead atoms. The van der Waals surface area contributed by atoms with Gasteiger partial charge in [-0.25, -0.2) is 9.59 Å². The number of rotatable bonds is 5. The highest BCUT2D eigenvalue weighted by Gasteiger charge is 2.35. The van der Waals surface area contributed by atoms with Gasteiger partial charge in [0.25, 0.3) is 0 Å². The van der Waals surface area contributed by atoms with Crippen molar-refractivity contribution in [1.29, 1.82) is 0 Å². The Morgan fingerprint density at radius 3 is 2.15 bits per heavy atom. The highest BCUT2D eigenvalue weighted by atomic mass is 16.6. The van der Waals surface area contributed by atoms with Crippen LogP contribution in [0.4, 0.5) is 9.59 Å². The lowest BCUT2D eigenvalue weighted by Crippen LogP contribution is -2.49. The summed E-state index contributed by atoms with van der Waals surface area (Å²) in [5.74, 6) is 0.0134. The maximum atomic E-state index is 12.4. The molecule has 7 nitrogen and oxygen atoms in total. The van der Waals surface area contributed by atoms with Crippen molar-refractivity contribution in [3.05, 3.63) is 59.7 Å². The van der Waals surface area contributed by atoms with Gasteiger partial charge in [0.2, 0.25) is 0 Å². The molecule has 4 rings (SSSR count). The topological polar surface area (TPSA) is 88.1 Å². The molecular weight excluding hydrogens is 432 g/mol. The molecule has 0 radical (unpaired) electrons. The van der Waals surface area contributed by atoms with E-state index in [2.05, 4.69) is 29.6 Å². The Labute approximate surface area is 201 Å². The fraction of sp³-hybridized carbons (Fsp3) is 0.481. The number of carbonyl (C=O) groups excluding carboxylic acids is 2. The zero-order valence-electron chi connectivity index (χ0n) is 20.2. The molecule has 2 aromatic rings. The summed E-state index contributed by atoms with van der Waals surface area (Å²) in [6.07, 6.45) is 0.444. The standard InChI is InChI=1S/C27H34N2O5/c1-26(2,3)34-25(31)29-16-13-27(32,14-17-29)12-15-28-24(30)33-18-23-21-10-6-4-8-19(21)20-9-5-7-11-22(20)23/h4-11,23,32H,12-18H2,1-3H3,(H,28,30). The van der Waals surface area contributed by atoms with Crippen LogP contribution in [0.2, 0.25) is 0 Å². The van der Waals surface area contributed by atoms with Crippen molar-refractivity contribution >= 4 is 12.2 Å². The number of benzene rings is 2. The van der Waals surface area contributed by atoms with Gasteiger partial charge in [-0.1, -0.05) is 48.5 Å². The van der Waals surface area contributed by atoms with E-state index in [9.17, 15) is 14.7 Å². The molecule has 1 fully saturated rings. The molecule has 0 spiro atoms. The summed E-state index contributed by atoms with van der Waals surface area (Å²) in [6, 6.07) is 16.4. The highest BCUT2D eigenvalue weighted by Crippen LogP contribution is 2.44. The molecule has 1 aliphatic carbocycles. The number of carbonyl (C=O) groups is 2. The molecule has 1 heterocycles. The van der Waals surface area contributed by atoms with E-state index in [1.807, 2.05) is 45.0 Å². The summed E-state index contributed by atoms with van der Waals surface area (Å²) < 4.78 is 11.0. The van der Waals surface area contributed by atoms with E-state index in [-0.39, 0.29) is 18.6 Å². The van der Waals surface area contributed by atoms with Crippen LogP contribution in [0, 0.1) is 0 Å². The molecule has 2 aliphatic rings. The van der Waals surface area contributed by atoms with Gasteiger partial charge in [-0.05, 0) is 62.3 Å². The van der Waals surface area contributed by atoms with Crippen LogP contribution in [-0.4, -0.2) is 59.6 Å². The Morgan fingerprint density at radius 2 is 1.59 bits per heavy atom. The van der Waals surface area contributed by atoms with E-state index in [1.54, 1.807) is 4.90 Å². The van der Waals surface area contributed by atoms with E-state index < -0.39 is 17.3 Å². The Morgan fingerprint density at radius 1 is 1.03 bits per heavy atom. The summed E-state index contributed by atoms with van der Waals surface area (Å²) >= 11 is 0. The fourth-order valence-electron chi connectivity index (χ4n) is 4.73. The average molecular weight is 467 g/mol. The van der Waals surface area contributed by atoms with Crippen LogP contribution in [0.15, 0.2) is 48.5 Å². The number of hydrogen-bond donors (Lipinski definition) is 2. The summed E-state index contributed by atoms with van der Waals surface area (Å²) in [5.41, 5.74) is 3.25. The Kier molecular flexibility index (Phi) is 6.84. The number of hydrogen-bond acceptors (Lipinski definition) is 5. The number of fused-ring (bicyclic) bond motifs is 3. The van der Waals surface area contributed by atoms with Crippen molar-refractivity contribution in [3.8, 4) is 11.1 Å². The maximum Gasteiger partial charge on any atom is 0.410 e. The molecule has 2 aromatic carbocycles. The summed E-state index contributed by atoms with van der Waals surface area (Å²) in [7, 11) is 0. The summed E-state index contributed by atoms with van der Waals surface area (Å²) in [5, 5.41) is 13.6. The lowest BCUT2D eigenvalue weighted by atomic mass is 9.88. The van der Waals surface area contributed by atoms with Crippen molar-refractivity contribution < 1.29 is 24.2 Å². The number of nitrogens with zero attached hydrogens (tertiary/aromatic N) is 1. The summed E-state index contributed by atoms with van der Waals surface area (Å²) in [6.45, 7) is 6.92. The van der Waals surface area contributed by atoms with E-state index in [0.29, 0.717) is 38.9 Å². The van der Waals surface area contributed by atoms with Crippen molar-refractivity contribution in [2.24, 2.45) is 0 Å². The molecule has 7 heteroatoms. The minimum Gasteiger partial charge on any atom is -0.449 e. The number of alkyl carbamates (subject to hydrolysis) is 1. The first-order valence-electron chi connectivity index (χ1n) is 11.9. The van der Waals surface area contributed by atoms with Crippen molar-refractivity contribution in [1.82, 2.24) is 10.2 Å². The van der Waals surface area contributed by atoms with Gasteiger partial charge in [0.05, 0.1) is 5.60 Å². The normalized spacial score (nSPS) is 17.0. The van der Waals surface area contributed by atoms with Gasteiger partial charge in [-0.2, -0.15) is 0 Å². The SMILES string of the molecule is CC(C)(C)OC(=O)N1CCC(O)(CCNC(=O)OCC2c3ccccc3-c3ccccc32)CC1. The Balaban J connectivity index is 1.22. The lowest BCUT2D eigenvalue weighted by Gasteiger charge is -2.38. The fourth-order valence-corrected chi connectivity index (χ4v) is 4.73. The van der Waals surface area contributed by atoms with Gasteiger partial charge in [0, 0.05) is 25.6 Å². The molecule has 1 saturated heterocycles. The van der Waals surface area contributed by atoms with E-state index >= 15 is 0 Å². The highest BCUT2D eigenvalue weighted by molar-refractivity contribution is 5.79. The molecule has 34 heavy (non-hydrogen) atoms. The van der Waals surface area contributed by atoms with Crippen LogP contribution in [0.1, 0.15) is 57.1 Å². The number of amides is 2. The van der Waals surface area contributed by atoms with Crippen LogP contribution in [-0.2, 0) is 9.47 Å². The quantitative estimate of drug-likeness (QED) is 0.668. The van der Waals surface area contributed by atoms with Gasteiger partial charge in [0.15, 0.2) is 0 Å². The number of aliphatic hydroxyl groups is 1. The molecular formula is C27H34N2O5. The largest absolute Gasteiger partial charge is 0.449 e. The van der Waals surface area contributed by atoms with Gasteiger partial charge in [-0.15, -0.1) is 0 Å². The predicted octanol–water partition coefficient (Wildman–Crippen LogP) is 4.68. The second-order valence-corrected chi connectivity index (χ2v) is 10.2. The van der Waals surface area contributed by atoms with E-state index in [0.717, 1.165) is 0 Å². The van der Waals surface area contributed by atoms with Crippen LogP contribution < -0.4 is 5.32 Å². The zero-order valence-corrected chi connectivity index (χ0v) is 20.2. The first kappa shape index (κ1) is 24.1.